The Balaban J connectivity index is 2.24. The van der Waals surface area contributed by atoms with Gasteiger partial charge < -0.3 is 4.74 Å². The van der Waals surface area contributed by atoms with E-state index in [1.807, 2.05) is 0 Å². The summed E-state index contributed by atoms with van der Waals surface area (Å²) in [4.78, 5) is 12.2. The van der Waals surface area contributed by atoms with Crippen LogP contribution in [0.3, 0.4) is 0 Å². The predicted octanol–water partition coefficient (Wildman–Crippen LogP) is 4.68. The highest BCUT2D eigenvalue weighted by molar-refractivity contribution is 9.10. The number of methoxy groups -OCH3 is 1. The summed E-state index contributed by atoms with van der Waals surface area (Å²) < 4.78 is 19.1. The second kappa shape index (κ2) is 6.37. The van der Waals surface area contributed by atoms with Gasteiger partial charge in [0.2, 0.25) is 0 Å². The first-order chi connectivity index (χ1) is 9.52. The van der Waals surface area contributed by atoms with Gasteiger partial charge in [0.25, 0.3) is 0 Å². The molecule has 2 rings (SSSR count). The number of carbonyl (C=O) groups is 1. The average molecular weight is 358 g/mol. The van der Waals surface area contributed by atoms with Gasteiger partial charge >= 0.3 is 0 Å². The van der Waals surface area contributed by atoms with Gasteiger partial charge in [-0.1, -0.05) is 23.7 Å². The molecule has 104 valence electrons. The van der Waals surface area contributed by atoms with Crippen molar-refractivity contribution in [3.05, 3.63) is 62.8 Å². The molecule has 0 atom stereocenters. The van der Waals surface area contributed by atoms with Crippen LogP contribution >= 0.6 is 27.5 Å². The fourth-order valence-corrected chi connectivity index (χ4v) is 2.53. The Morgan fingerprint density at radius 1 is 1.35 bits per heavy atom. The van der Waals surface area contributed by atoms with Crippen molar-refractivity contribution in [3.8, 4) is 5.75 Å². The van der Waals surface area contributed by atoms with E-state index in [4.69, 9.17) is 16.3 Å². The molecule has 2 nitrogen and oxygen atoms in total. The van der Waals surface area contributed by atoms with Crippen molar-refractivity contribution in [1.82, 2.24) is 0 Å². The number of benzene rings is 2. The van der Waals surface area contributed by atoms with E-state index in [9.17, 15) is 9.18 Å². The van der Waals surface area contributed by atoms with Gasteiger partial charge in [0, 0.05) is 12.0 Å². The summed E-state index contributed by atoms with van der Waals surface area (Å²) >= 11 is 9.17. The number of carbonyl (C=O) groups excluding carboxylic acids is 1. The largest absolute Gasteiger partial charge is 0.496 e. The lowest BCUT2D eigenvalue weighted by molar-refractivity contribution is 0.0993. The lowest BCUT2D eigenvalue weighted by Gasteiger charge is -2.07. The molecule has 2 aromatic carbocycles. The fourth-order valence-electron chi connectivity index (χ4n) is 1.80. The summed E-state index contributed by atoms with van der Waals surface area (Å²) in [6.07, 6.45) is 0.0510. The van der Waals surface area contributed by atoms with Crippen molar-refractivity contribution in [2.24, 2.45) is 0 Å². The number of Topliss-reactive ketones (excluding diaryl/α,β-unsaturated/α-hetero) is 1. The van der Waals surface area contributed by atoms with E-state index in [1.165, 1.54) is 12.1 Å². The van der Waals surface area contributed by atoms with Gasteiger partial charge in [0.15, 0.2) is 5.78 Å². The molecule has 5 heteroatoms. The zero-order valence-electron chi connectivity index (χ0n) is 10.6. The normalized spacial score (nSPS) is 10.4. The molecule has 0 amide bonds. The van der Waals surface area contributed by atoms with E-state index in [-0.39, 0.29) is 17.2 Å². The molecule has 0 aromatic heterocycles. The summed E-state index contributed by atoms with van der Waals surface area (Å²) in [6, 6.07) is 9.48. The molecule has 2 aromatic rings. The van der Waals surface area contributed by atoms with Crippen LogP contribution in [0.1, 0.15) is 15.9 Å². The molecule has 0 radical (unpaired) electrons. The van der Waals surface area contributed by atoms with Crippen molar-refractivity contribution in [1.29, 1.82) is 0 Å². The molecule has 0 fully saturated rings. The molecule has 0 unspecified atom stereocenters. The molecule has 0 heterocycles. The van der Waals surface area contributed by atoms with Gasteiger partial charge in [-0.3, -0.25) is 4.79 Å². The average Bonchev–Trinajstić information content (AvgIpc) is 2.43. The third-order valence-electron chi connectivity index (χ3n) is 2.86. The Hall–Kier alpha value is -1.39. The molecule has 0 saturated heterocycles. The Labute approximate surface area is 129 Å². The molecule has 0 saturated carbocycles. The standard InChI is InChI=1S/C15H11BrClFO2/c1-20-14-6-5-9(7-11(14)16)13(19)8-10-3-2-4-12(18)15(10)17/h2-7H,8H2,1H3. The van der Waals surface area contributed by atoms with Crippen molar-refractivity contribution in [2.45, 2.75) is 6.42 Å². The Bertz CT molecular complexity index is 658. The quantitative estimate of drug-likeness (QED) is 0.743. The maximum Gasteiger partial charge on any atom is 0.167 e. The minimum Gasteiger partial charge on any atom is -0.496 e. The highest BCUT2D eigenvalue weighted by atomic mass is 79.9. The number of rotatable bonds is 4. The van der Waals surface area contributed by atoms with Crippen LogP contribution in [0.25, 0.3) is 0 Å². The maximum atomic E-state index is 13.3. The van der Waals surface area contributed by atoms with Gasteiger partial charge in [-0.05, 0) is 45.8 Å². The summed E-state index contributed by atoms with van der Waals surface area (Å²) in [5.41, 5.74) is 0.988. The zero-order valence-corrected chi connectivity index (χ0v) is 13.0. The third-order valence-corrected chi connectivity index (χ3v) is 3.90. The van der Waals surface area contributed by atoms with Crippen LogP contribution in [0.4, 0.5) is 4.39 Å². The van der Waals surface area contributed by atoms with Crippen LogP contribution in [0.2, 0.25) is 5.02 Å². The molecular formula is C15H11BrClFO2. The molecule has 0 bridgehead atoms. The van der Waals surface area contributed by atoms with Crippen LogP contribution in [0.15, 0.2) is 40.9 Å². The lowest BCUT2D eigenvalue weighted by atomic mass is 10.0. The van der Waals surface area contributed by atoms with Gasteiger partial charge in [0.1, 0.15) is 11.6 Å². The van der Waals surface area contributed by atoms with Gasteiger partial charge in [-0.15, -0.1) is 0 Å². The second-order valence-corrected chi connectivity index (χ2v) is 5.39. The molecule has 0 aliphatic carbocycles. The minimum atomic E-state index is -0.520. The van der Waals surface area contributed by atoms with E-state index < -0.39 is 5.82 Å². The van der Waals surface area contributed by atoms with Crippen molar-refractivity contribution in [3.63, 3.8) is 0 Å². The number of ether oxygens (including phenoxy) is 1. The first-order valence-corrected chi connectivity index (χ1v) is 6.99. The monoisotopic (exact) mass is 356 g/mol. The Morgan fingerprint density at radius 3 is 2.75 bits per heavy atom. The summed E-state index contributed by atoms with van der Waals surface area (Å²) in [5, 5.41) is -0.00609. The highest BCUT2D eigenvalue weighted by Crippen LogP contribution is 2.27. The van der Waals surface area contributed by atoms with E-state index in [2.05, 4.69) is 15.9 Å². The third kappa shape index (κ3) is 3.19. The van der Waals surface area contributed by atoms with E-state index >= 15 is 0 Å². The van der Waals surface area contributed by atoms with Crippen LogP contribution in [0, 0.1) is 5.82 Å². The fraction of sp³-hybridized carbons (Fsp3) is 0.133. The topological polar surface area (TPSA) is 26.3 Å². The molecule has 0 N–H and O–H groups in total. The predicted molar refractivity (Wildman–Crippen MR) is 80.1 cm³/mol. The molecule has 0 spiro atoms. The van der Waals surface area contributed by atoms with Gasteiger partial charge in [0.05, 0.1) is 16.6 Å². The Morgan fingerprint density at radius 2 is 2.10 bits per heavy atom. The van der Waals surface area contributed by atoms with Crippen LogP contribution < -0.4 is 4.74 Å². The number of ketones is 1. The maximum absolute atomic E-state index is 13.3. The number of halogens is 3. The van der Waals surface area contributed by atoms with Gasteiger partial charge in [-0.25, -0.2) is 4.39 Å². The van der Waals surface area contributed by atoms with Crippen molar-refractivity contribution in [2.75, 3.05) is 7.11 Å². The first kappa shape index (κ1) is 15.0. The SMILES string of the molecule is COc1ccc(C(=O)Cc2cccc(F)c2Cl)cc1Br. The lowest BCUT2D eigenvalue weighted by Crippen LogP contribution is -2.05. The highest BCUT2D eigenvalue weighted by Gasteiger charge is 2.13. The molecule has 0 aliphatic heterocycles. The number of hydrogen-bond acceptors (Lipinski definition) is 2. The molecule has 0 aliphatic rings. The van der Waals surface area contributed by atoms with Crippen LogP contribution in [0.5, 0.6) is 5.75 Å². The minimum absolute atomic E-state index is 0.00609. The summed E-state index contributed by atoms with van der Waals surface area (Å²) in [5.74, 6) is -0.0148. The van der Waals surface area contributed by atoms with E-state index in [0.717, 1.165) is 0 Å². The van der Waals surface area contributed by atoms with Crippen molar-refractivity contribution >= 4 is 33.3 Å². The van der Waals surface area contributed by atoms with Crippen molar-refractivity contribution < 1.29 is 13.9 Å². The molecule has 20 heavy (non-hydrogen) atoms. The zero-order chi connectivity index (χ0) is 14.7. The van der Waals surface area contributed by atoms with Crippen LogP contribution in [-0.2, 0) is 6.42 Å². The van der Waals surface area contributed by atoms with E-state index in [0.29, 0.717) is 21.3 Å². The second-order valence-electron chi connectivity index (χ2n) is 4.16. The van der Waals surface area contributed by atoms with Gasteiger partial charge in [-0.2, -0.15) is 0 Å². The van der Waals surface area contributed by atoms with Crippen LogP contribution in [-0.4, -0.2) is 12.9 Å². The molecular weight excluding hydrogens is 347 g/mol. The summed E-state index contributed by atoms with van der Waals surface area (Å²) in [6.45, 7) is 0. The van der Waals surface area contributed by atoms with E-state index in [1.54, 1.807) is 31.4 Å². The smallest absolute Gasteiger partial charge is 0.167 e. The summed E-state index contributed by atoms with van der Waals surface area (Å²) in [7, 11) is 1.55. The number of hydrogen-bond donors (Lipinski definition) is 0. The first-order valence-electron chi connectivity index (χ1n) is 5.82. The Kier molecular flexibility index (Phi) is 4.78.